The van der Waals surface area contributed by atoms with Crippen LogP contribution in [0.2, 0.25) is 0 Å². The smallest absolute Gasteiger partial charge is 0.349 e. The van der Waals surface area contributed by atoms with E-state index in [-0.39, 0.29) is 6.61 Å². The number of rotatable bonds is 12. The molecule has 0 saturated carbocycles. The average molecular weight is 519 g/mol. The number of para-hydroxylation sites is 1. The molecule has 0 unspecified atom stereocenters. The van der Waals surface area contributed by atoms with Crippen LogP contribution in [-0.2, 0) is 29.2 Å². The predicted molar refractivity (Wildman–Crippen MR) is 142 cm³/mol. The zero-order chi connectivity index (χ0) is 27.1. The molecule has 9 heteroatoms. The van der Waals surface area contributed by atoms with Crippen LogP contribution in [0.3, 0.4) is 0 Å². The molecule has 4 rings (SSSR count). The van der Waals surface area contributed by atoms with Crippen molar-refractivity contribution in [2.75, 3.05) is 13.7 Å². The summed E-state index contributed by atoms with van der Waals surface area (Å²) in [6.07, 6.45) is 5.28. The molecule has 200 valence electrons. The molecule has 2 aromatic carbocycles. The van der Waals surface area contributed by atoms with Gasteiger partial charge in [-0.3, -0.25) is 4.90 Å². The number of nitrogens with zero attached hydrogens (tertiary/aromatic N) is 4. The van der Waals surface area contributed by atoms with Crippen LogP contribution in [0.15, 0.2) is 71.6 Å². The summed E-state index contributed by atoms with van der Waals surface area (Å²) in [7, 11) is 1.58. The summed E-state index contributed by atoms with van der Waals surface area (Å²) in [5.41, 5.74) is 2.91. The highest BCUT2D eigenvalue weighted by Crippen LogP contribution is 2.32. The number of oxazole rings is 1. The number of ether oxygens (including phenoxy) is 3. The number of aromatic nitrogens is 3. The Balaban J connectivity index is 1.55. The molecular formula is C29H34N4O5. The Bertz CT molecular complexity index is 1330. The van der Waals surface area contributed by atoms with Crippen LogP contribution in [0.1, 0.15) is 43.5 Å². The minimum atomic E-state index is -1.15. The topological polar surface area (TPSA) is 91.9 Å². The Morgan fingerprint density at radius 2 is 1.87 bits per heavy atom. The SMILES string of the molecule is CCOC(=O)C(C)(C)Oc1ccc(CN(Cc2ncco2)Cc2cn(-c3ccccc3)nc2C)cc1OC. The lowest BCUT2D eigenvalue weighted by molar-refractivity contribution is -0.158. The summed E-state index contributed by atoms with van der Waals surface area (Å²) in [5, 5.41) is 4.72. The van der Waals surface area contributed by atoms with E-state index in [4.69, 9.17) is 23.7 Å². The van der Waals surface area contributed by atoms with Crippen LogP contribution in [0.5, 0.6) is 11.5 Å². The first kappa shape index (κ1) is 26.9. The van der Waals surface area contributed by atoms with Gasteiger partial charge in [0, 0.05) is 24.8 Å². The first-order chi connectivity index (χ1) is 18.3. The molecule has 0 aliphatic rings. The first-order valence-corrected chi connectivity index (χ1v) is 12.5. The van der Waals surface area contributed by atoms with E-state index in [0.717, 1.165) is 22.5 Å². The Labute approximate surface area is 223 Å². The van der Waals surface area contributed by atoms with Crippen LogP contribution in [0.25, 0.3) is 5.69 Å². The second kappa shape index (κ2) is 12.0. The van der Waals surface area contributed by atoms with Crippen molar-refractivity contribution in [1.82, 2.24) is 19.7 Å². The van der Waals surface area contributed by atoms with Gasteiger partial charge in [-0.25, -0.2) is 14.5 Å². The van der Waals surface area contributed by atoms with E-state index in [9.17, 15) is 4.79 Å². The van der Waals surface area contributed by atoms with Crippen molar-refractivity contribution in [3.8, 4) is 17.2 Å². The molecular weight excluding hydrogens is 484 g/mol. The Morgan fingerprint density at radius 3 is 2.55 bits per heavy atom. The van der Waals surface area contributed by atoms with E-state index < -0.39 is 11.6 Å². The summed E-state index contributed by atoms with van der Waals surface area (Å²) in [6.45, 7) is 9.15. The van der Waals surface area contributed by atoms with Crippen LogP contribution < -0.4 is 9.47 Å². The molecule has 0 fully saturated rings. The van der Waals surface area contributed by atoms with Gasteiger partial charge >= 0.3 is 5.97 Å². The molecule has 9 nitrogen and oxygen atoms in total. The van der Waals surface area contributed by atoms with E-state index in [2.05, 4.69) is 16.1 Å². The predicted octanol–water partition coefficient (Wildman–Crippen LogP) is 5.10. The fourth-order valence-corrected chi connectivity index (χ4v) is 4.07. The first-order valence-electron chi connectivity index (χ1n) is 12.5. The summed E-state index contributed by atoms with van der Waals surface area (Å²) in [5.74, 6) is 1.19. The van der Waals surface area contributed by atoms with Gasteiger partial charge in [0.1, 0.15) is 6.26 Å². The highest BCUT2D eigenvalue weighted by Gasteiger charge is 2.32. The highest BCUT2D eigenvalue weighted by molar-refractivity contribution is 5.79. The Kier molecular flexibility index (Phi) is 8.48. The molecule has 0 spiro atoms. The standard InChI is InChI=1S/C29H34N4O5/c1-6-36-28(34)29(3,4)38-25-13-12-22(16-26(25)35-5)17-32(20-27-30-14-15-37-27)18-23-19-33(31-21(23)2)24-10-8-7-9-11-24/h7-16,19H,6,17-18,20H2,1-5H3. The van der Waals surface area contributed by atoms with Crippen molar-refractivity contribution in [3.63, 3.8) is 0 Å². The second-order valence-electron chi connectivity index (χ2n) is 9.41. The summed E-state index contributed by atoms with van der Waals surface area (Å²) >= 11 is 0. The van der Waals surface area contributed by atoms with E-state index in [1.54, 1.807) is 40.3 Å². The Morgan fingerprint density at radius 1 is 1.08 bits per heavy atom. The van der Waals surface area contributed by atoms with Crippen molar-refractivity contribution in [1.29, 1.82) is 0 Å². The van der Waals surface area contributed by atoms with Crippen LogP contribution >= 0.6 is 0 Å². The minimum Gasteiger partial charge on any atom is -0.493 e. The normalized spacial score (nSPS) is 11.5. The summed E-state index contributed by atoms with van der Waals surface area (Å²) in [4.78, 5) is 18.9. The highest BCUT2D eigenvalue weighted by atomic mass is 16.6. The number of esters is 1. The molecule has 0 atom stereocenters. The second-order valence-corrected chi connectivity index (χ2v) is 9.41. The van der Waals surface area contributed by atoms with E-state index >= 15 is 0 Å². The lowest BCUT2D eigenvalue weighted by Gasteiger charge is -2.26. The van der Waals surface area contributed by atoms with Gasteiger partial charge in [-0.05, 0) is 57.5 Å². The lowest BCUT2D eigenvalue weighted by atomic mass is 10.1. The summed E-state index contributed by atoms with van der Waals surface area (Å²) in [6, 6.07) is 15.7. The number of hydrogen-bond donors (Lipinski definition) is 0. The summed E-state index contributed by atoms with van der Waals surface area (Å²) < 4.78 is 24.2. The van der Waals surface area contributed by atoms with Gasteiger partial charge < -0.3 is 18.6 Å². The number of methoxy groups -OCH3 is 1. The van der Waals surface area contributed by atoms with Crippen LogP contribution in [-0.4, -0.2) is 45.0 Å². The number of hydrogen-bond acceptors (Lipinski definition) is 8. The van der Waals surface area contributed by atoms with Gasteiger partial charge in [0.15, 0.2) is 17.1 Å². The van der Waals surface area contributed by atoms with E-state index in [0.29, 0.717) is 37.0 Å². The van der Waals surface area contributed by atoms with Crippen molar-refractivity contribution < 1.29 is 23.4 Å². The van der Waals surface area contributed by atoms with Gasteiger partial charge in [-0.2, -0.15) is 5.10 Å². The van der Waals surface area contributed by atoms with Gasteiger partial charge in [-0.1, -0.05) is 24.3 Å². The molecule has 0 N–H and O–H groups in total. The molecule has 2 heterocycles. The number of carbonyl (C=O) groups is 1. The van der Waals surface area contributed by atoms with Gasteiger partial charge in [0.05, 0.1) is 37.8 Å². The largest absolute Gasteiger partial charge is 0.493 e. The fourth-order valence-electron chi connectivity index (χ4n) is 4.07. The zero-order valence-electron chi connectivity index (χ0n) is 22.5. The molecule has 4 aromatic rings. The quantitative estimate of drug-likeness (QED) is 0.239. The van der Waals surface area contributed by atoms with Gasteiger partial charge in [0.25, 0.3) is 0 Å². The average Bonchev–Trinajstić information content (AvgIpc) is 3.55. The molecule has 0 saturated heterocycles. The van der Waals surface area contributed by atoms with Crippen LogP contribution in [0, 0.1) is 6.92 Å². The molecule has 0 aliphatic carbocycles. The molecule has 0 radical (unpaired) electrons. The maximum atomic E-state index is 12.3. The van der Waals surface area contributed by atoms with Crippen molar-refractivity contribution in [2.24, 2.45) is 0 Å². The maximum Gasteiger partial charge on any atom is 0.349 e. The lowest BCUT2D eigenvalue weighted by Crippen LogP contribution is -2.39. The number of benzene rings is 2. The maximum absolute atomic E-state index is 12.3. The zero-order valence-corrected chi connectivity index (χ0v) is 22.5. The number of aryl methyl sites for hydroxylation is 1. The molecule has 2 aromatic heterocycles. The Hall–Kier alpha value is -4.11. The van der Waals surface area contributed by atoms with Gasteiger partial charge in [-0.15, -0.1) is 0 Å². The van der Waals surface area contributed by atoms with Crippen molar-refractivity contribution >= 4 is 5.97 Å². The van der Waals surface area contributed by atoms with E-state index in [1.165, 1.54) is 0 Å². The minimum absolute atomic E-state index is 0.284. The van der Waals surface area contributed by atoms with Crippen molar-refractivity contribution in [2.45, 2.75) is 52.9 Å². The molecule has 0 aliphatic heterocycles. The monoisotopic (exact) mass is 518 g/mol. The molecule has 0 bridgehead atoms. The van der Waals surface area contributed by atoms with Gasteiger partial charge in [0.2, 0.25) is 5.89 Å². The third kappa shape index (κ3) is 6.60. The number of carbonyl (C=O) groups excluding carboxylic acids is 1. The molecule has 0 amide bonds. The molecule has 38 heavy (non-hydrogen) atoms. The van der Waals surface area contributed by atoms with Crippen LogP contribution in [0.4, 0.5) is 0 Å². The third-order valence-corrected chi connectivity index (χ3v) is 6.02. The fraction of sp³-hybridized carbons (Fsp3) is 0.345. The van der Waals surface area contributed by atoms with E-state index in [1.807, 2.05) is 60.1 Å². The third-order valence-electron chi connectivity index (χ3n) is 6.02. The van der Waals surface area contributed by atoms with Crippen molar-refractivity contribution in [3.05, 3.63) is 89.9 Å².